The first-order valence-electron chi connectivity index (χ1n) is 10.0. The van der Waals surface area contributed by atoms with E-state index in [1.165, 1.54) is 23.3 Å². The minimum Gasteiger partial charge on any atom is -0.494 e. The molecule has 0 fully saturated rings. The number of carbonyl (C=O) groups excluding carboxylic acids is 1. The van der Waals surface area contributed by atoms with Gasteiger partial charge in [0.2, 0.25) is 10.0 Å². The van der Waals surface area contributed by atoms with Gasteiger partial charge in [-0.15, -0.1) is 0 Å². The number of unbranched alkanes of at least 4 members (excludes halogenated alkanes) is 1. The minimum atomic E-state index is -3.69. The number of ether oxygens (including phenoxy) is 2. The van der Waals surface area contributed by atoms with Crippen molar-refractivity contribution in [3.8, 4) is 11.5 Å². The van der Waals surface area contributed by atoms with Crippen LogP contribution in [0.5, 0.6) is 11.5 Å². The van der Waals surface area contributed by atoms with Crippen molar-refractivity contribution in [2.24, 2.45) is 0 Å². The molecule has 0 amide bonds. The van der Waals surface area contributed by atoms with Crippen molar-refractivity contribution in [2.75, 3.05) is 13.2 Å². The first-order valence-corrected chi connectivity index (χ1v) is 11.5. The number of fused-ring (bicyclic) bond motifs is 1. The molecule has 156 valence electrons. The Kier molecular flexibility index (Phi) is 7.28. The van der Waals surface area contributed by atoms with Crippen molar-refractivity contribution in [1.29, 1.82) is 0 Å². The maximum Gasteiger partial charge on any atom is 0.312 e. The van der Waals surface area contributed by atoms with Gasteiger partial charge in [0.15, 0.2) is 0 Å². The van der Waals surface area contributed by atoms with Crippen molar-refractivity contribution in [1.82, 2.24) is 4.72 Å². The highest BCUT2D eigenvalue weighted by atomic mass is 32.2. The lowest BCUT2D eigenvalue weighted by atomic mass is 10.1. The number of sulfonamides is 1. The van der Waals surface area contributed by atoms with Crippen LogP contribution in [0.25, 0.3) is 0 Å². The standard InChI is InChI=1S/C22H27NO5S/c1-2-3-15-27-19-9-11-21(12-10-19)29(25,26)23-14-13-22(24)28-20-8-7-17-5-4-6-18(17)16-20/h7-12,16,23H,2-6,13-15H2,1H3. The summed E-state index contributed by atoms with van der Waals surface area (Å²) < 4.78 is 38.0. The van der Waals surface area contributed by atoms with Gasteiger partial charge in [-0.1, -0.05) is 19.4 Å². The van der Waals surface area contributed by atoms with Crippen molar-refractivity contribution in [3.05, 3.63) is 53.6 Å². The van der Waals surface area contributed by atoms with Gasteiger partial charge < -0.3 is 9.47 Å². The number of hydrogen-bond acceptors (Lipinski definition) is 5. The minimum absolute atomic E-state index is 0.0269. The van der Waals surface area contributed by atoms with Crippen LogP contribution in [-0.2, 0) is 27.7 Å². The van der Waals surface area contributed by atoms with Crippen molar-refractivity contribution in [3.63, 3.8) is 0 Å². The molecule has 3 rings (SSSR count). The van der Waals surface area contributed by atoms with Crippen molar-refractivity contribution in [2.45, 2.75) is 50.3 Å². The van der Waals surface area contributed by atoms with E-state index >= 15 is 0 Å². The number of rotatable bonds is 10. The van der Waals surface area contributed by atoms with Gasteiger partial charge in [0.1, 0.15) is 11.5 Å². The average Bonchev–Trinajstić information content (AvgIpc) is 3.16. The Bertz CT molecular complexity index is 938. The molecule has 0 radical (unpaired) electrons. The van der Waals surface area contributed by atoms with Gasteiger partial charge in [0, 0.05) is 6.54 Å². The molecule has 0 unspecified atom stereocenters. The van der Waals surface area contributed by atoms with Crippen LogP contribution in [0.2, 0.25) is 0 Å². The van der Waals surface area contributed by atoms with Crippen LogP contribution >= 0.6 is 0 Å². The Morgan fingerprint density at radius 1 is 1.03 bits per heavy atom. The molecule has 0 spiro atoms. The van der Waals surface area contributed by atoms with Gasteiger partial charge in [-0.05, 0) is 73.2 Å². The van der Waals surface area contributed by atoms with E-state index in [2.05, 4.69) is 11.6 Å². The average molecular weight is 418 g/mol. The van der Waals surface area contributed by atoms with Crippen LogP contribution in [0.1, 0.15) is 43.7 Å². The summed E-state index contributed by atoms with van der Waals surface area (Å²) in [5.41, 5.74) is 2.53. The molecule has 2 aromatic rings. The molecule has 1 N–H and O–H groups in total. The fourth-order valence-corrected chi connectivity index (χ4v) is 4.25. The van der Waals surface area contributed by atoms with Gasteiger partial charge in [-0.25, -0.2) is 13.1 Å². The Balaban J connectivity index is 1.46. The molecule has 0 bridgehead atoms. The van der Waals surface area contributed by atoms with Gasteiger partial charge >= 0.3 is 5.97 Å². The lowest BCUT2D eigenvalue weighted by Crippen LogP contribution is -2.27. The summed E-state index contributed by atoms with van der Waals surface area (Å²) in [6.07, 6.45) is 5.13. The first-order chi connectivity index (χ1) is 14.0. The first kappa shape index (κ1) is 21.3. The third-order valence-electron chi connectivity index (χ3n) is 4.82. The summed E-state index contributed by atoms with van der Waals surface area (Å²) in [7, 11) is -3.69. The van der Waals surface area contributed by atoms with Crippen LogP contribution in [0.3, 0.4) is 0 Å². The van der Waals surface area contributed by atoms with E-state index < -0.39 is 16.0 Å². The molecule has 0 aromatic heterocycles. The van der Waals surface area contributed by atoms with E-state index in [0.717, 1.165) is 32.1 Å². The zero-order valence-electron chi connectivity index (χ0n) is 16.6. The van der Waals surface area contributed by atoms with Crippen LogP contribution in [0.15, 0.2) is 47.4 Å². The van der Waals surface area contributed by atoms with E-state index in [4.69, 9.17) is 9.47 Å². The molecule has 7 heteroatoms. The lowest BCUT2D eigenvalue weighted by molar-refractivity contribution is -0.134. The molecular weight excluding hydrogens is 390 g/mol. The normalized spacial score (nSPS) is 13.1. The zero-order valence-corrected chi connectivity index (χ0v) is 17.5. The molecule has 0 atom stereocenters. The molecule has 0 saturated heterocycles. The molecule has 1 aliphatic carbocycles. The Hall–Kier alpha value is -2.38. The molecule has 6 nitrogen and oxygen atoms in total. The highest BCUT2D eigenvalue weighted by molar-refractivity contribution is 7.89. The topological polar surface area (TPSA) is 81.7 Å². The molecular formula is C22H27NO5S. The van der Waals surface area contributed by atoms with Gasteiger partial charge in [0.05, 0.1) is 17.9 Å². The molecule has 0 aliphatic heterocycles. The van der Waals surface area contributed by atoms with E-state index in [1.807, 2.05) is 12.1 Å². The maximum atomic E-state index is 12.4. The highest BCUT2D eigenvalue weighted by Crippen LogP contribution is 2.26. The summed E-state index contributed by atoms with van der Waals surface area (Å²) in [4.78, 5) is 12.2. The number of esters is 1. The van der Waals surface area contributed by atoms with Gasteiger partial charge in [0.25, 0.3) is 0 Å². The molecule has 2 aromatic carbocycles. The number of hydrogen-bond donors (Lipinski definition) is 1. The monoisotopic (exact) mass is 417 g/mol. The number of benzene rings is 2. The van der Waals surface area contributed by atoms with E-state index in [9.17, 15) is 13.2 Å². The number of nitrogens with one attached hydrogen (secondary N) is 1. The van der Waals surface area contributed by atoms with Crippen LogP contribution < -0.4 is 14.2 Å². The third-order valence-corrected chi connectivity index (χ3v) is 6.30. The SMILES string of the molecule is CCCCOc1ccc(S(=O)(=O)NCCC(=O)Oc2ccc3c(c2)CCC3)cc1. The lowest BCUT2D eigenvalue weighted by Gasteiger charge is -2.09. The molecule has 0 heterocycles. The Labute approximate surface area is 172 Å². The van der Waals surface area contributed by atoms with E-state index in [-0.39, 0.29) is 17.9 Å². The predicted molar refractivity (Wildman–Crippen MR) is 111 cm³/mol. The number of carbonyl (C=O) groups is 1. The second kappa shape index (κ2) is 9.89. The van der Waals surface area contributed by atoms with E-state index in [1.54, 1.807) is 18.2 Å². The fraction of sp³-hybridized carbons (Fsp3) is 0.409. The van der Waals surface area contributed by atoms with Gasteiger partial charge in [-0.2, -0.15) is 0 Å². The molecule has 0 saturated carbocycles. The molecule has 29 heavy (non-hydrogen) atoms. The number of aryl methyl sites for hydroxylation is 2. The second-order valence-electron chi connectivity index (χ2n) is 7.08. The highest BCUT2D eigenvalue weighted by Gasteiger charge is 2.16. The largest absolute Gasteiger partial charge is 0.494 e. The summed E-state index contributed by atoms with van der Waals surface area (Å²) in [5.74, 6) is 0.679. The third kappa shape index (κ3) is 6.05. The zero-order chi connectivity index (χ0) is 20.7. The quantitative estimate of drug-likeness (QED) is 0.363. The Morgan fingerprint density at radius 2 is 1.76 bits per heavy atom. The van der Waals surface area contributed by atoms with Gasteiger partial charge in [-0.3, -0.25) is 4.79 Å². The van der Waals surface area contributed by atoms with Crippen LogP contribution in [0.4, 0.5) is 0 Å². The predicted octanol–water partition coefficient (Wildman–Crippen LogP) is 3.63. The summed E-state index contributed by atoms with van der Waals surface area (Å²) in [6.45, 7) is 2.65. The summed E-state index contributed by atoms with van der Waals surface area (Å²) in [5, 5.41) is 0. The Morgan fingerprint density at radius 3 is 2.52 bits per heavy atom. The second-order valence-corrected chi connectivity index (χ2v) is 8.85. The van der Waals surface area contributed by atoms with E-state index in [0.29, 0.717) is 18.1 Å². The van der Waals surface area contributed by atoms with Crippen LogP contribution in [0, 0.1) is 0 Å². The molecule has 1 aliphatic rings. The van der Waals surface area contributed by atoms with Crippen LogP contribution in [-0.4, -0.2) is 27.5 Å². The summed E-state index contributed by atoms with van der Waals surface area (Å²) >= 11 is 0. The summed E-state index contributed by atoms with van der Waals surface area (Å²) in [6, 6.07) is 11.9. The van der Waals surface area contributed by atoms with Crippen molar-refractivity contribution >= 4 is 16.0 Å². The maximum absolute atomic E-state index is 12.4. The smallest absolute Gasteiger partial charge is 0.312 e. The fourth-order valence-electron chi connectivity index (χ4n) is 3.21. The van der Waals surface area contributed by atoms with Crippen molar-refractivity contribution < 1.29 is 22.7 Å².